The zero-order valence-corrected chi connectivity index (χ0v) is 11.7. The predicted molar refractivity (Wildman–Crippen MR) is 78.0 cm³/mol. The fourth-order valence-electron chi connectivity index (χ4n) is 2.77. The van der Waals surface area contributed by atoms with E-state index in [1.165, 1.54) is 5.69 Å². The number of nitrogens with one attached hydrogen (secondary N) is 1. The summed E-state index contributed by atoms with van der Waals surface area (Å²) in [7, 11) is 1.71. The van der Waals surface area contributed by atoms with E-state index in [0.717, 1.165) is 31.5 Å². The highest BCUT2D eigenvalue weighted by Gasteiger charge is 2.26. The van der Waals surface area contributed by atoms with Gasteiger partial charge in [-0.15, -0.1) is 0 Å². The quantitative estimate of drug-likeness (QED) is 0.870. The Morgan fingerprint density at radius 2 is 2.21 bits per heavy atom. The van der Waals surface area contributed by atoms with Crippen molar-refractivity contribution in [1.82, 2.24) is 5.32 Å². The van der Waals surface area contributed by atoms with Crippen molar-refractivity contribution >= 4 is 11.6 Å². The van der Waals surface area contributed by atoms with Crippen LogP contribution in [0.1, 0.15) is 31.4 Å². The predicted octanol–water partition coefficient (Wildman–Crippen LogP) is 1.67. The first-order chi connectivity index (χ1) is 9.13. The van der Waals surface area contributed by atoms with Crippen LogP contribution >= 0.6 is 0 Å². The van der Waals surface area contributed by atoms with Gasteiger partial charge in [-0.2, -0.15) is 0 Å². The topological polar surface area (TPSA) is 58.4 Å². The van der Waals surface area contributed by atoms with Crippen LogP contribution in [0.5, 0.6) is 0 Å². The van der Waals surface area contributed by atoms with Crippen molar-refractivity contribution in [2.24, 2.45) is 11.7 Å². The summed E-state index contributed by atoms with van der Waals surface area (Å²) in [5, 5.41) is 2.75. The Kier molecular flexibility index (Phi) is 4.43. The summed E-state index contributed by atoms with van der Waals surface area (Å²) in [6.45, 7) is 3.78. The normalized spacial score (nSPS) is 21.0. The van der Waals surface area contributed by atoms with Crippen molar-refractivity contribution in [3.8, 4) is 0 Å². The molecule has 1 aliphatic heterocycles. The number of nitrogens with two attached hydrogens (primary N) is 1. The van der Waals surface area contributed by atoms with Crippen molar-refractivity contribution in [2.45, 2.75) is 25.8 Å². The van der Waals surface area contributed by atoms with Crippen LogP contribution in [0.15, 0.2) is 24.3 Å². The maximum Gasteiger partial charge on any atom is 0.224 e. The summed E-state index contributed by atoms with van der Waals surface area (Å²) in [5.74, 6) is 0.225. The number of amides is 1. The lowest BCUT2D eigenvalue weighted by atomic mass is 9.95. The molecule has 2 atom stereocenters. The van der Waals surface area contributed by atoms with E-state index in [2.05, 4.69) is 22.3 Å². The Hall–Kier alpha value is -1.55. The molecule has 19 heavy (non-hydrogen) atoms. The third-order valence-electron chi connectivity index (χ3n) is 3.81. The maximum absolute atomic E-state index is 11.8. The van der Waals surface area contributed by atoms with Gasteiger partial charge in [0.1, 0.15) is 0 Å². The molecule has 1 amide bonds. The van der Waals surface area contributed by atoms with Crippen LogP contribution in [0.4, 0.5) is 5.69 Å². The van der Waals surface area contributed by atoms with E-state index in [4.69, 9.17) is 5.73 Å². The first-order valence-electron chi connectivity index (χ1n) is 6.94. The molecule has 0 radical (unpaired) electrons. The average molecular weight is 261 g/mol. The first-order valence-corrected chi connectivity index (χ1v) is 6.94. The van der Waals surface area contributed by atoms with Gasteiger partial charge in [0.25, 0.3) is 0 Å². The molecule has 1 heterocycles. The number of hydrogen-bond acceptors (Lipinski definition) is 3. The lowest BCUT2D eigenvalue weighted by Crippen LogP contribution is -2.42. The smallest absolute Gasteiger partial charge is 0.224 e. The summed E-state index contributed by atoms with van der Waals surface area (Å²) in [6, 6.07) is 8.23. The van der Waals surface area contributed by atoms with E-state index in [-0.39, 0.29) is 17.9 Å². The van der Waals surface area contributed by atoms with E-state index < -0.39 is 0 Å². The second-order valence-corrected chi connectivity index (χ2v) is 5.25. The molecule has 0 aromatic heterocycles. The fourth-order valence-corrected chi connectivity index (χ4v) is 2.77. The van der Waals surface area contributed by atoms with Crippen molar-refractivity contribution in [2.75, 3.05) is 25.0 Å². The number of carbonyl (C=O) groups excluding carboxylic acids is 1. The molecule has 1 aromatic rings. The van der Waals surface area contributed by atoms with E-state index in [1.54, 1.807) is 7.05 Å². The van der Waals surface area contributed by atoms with Gasteiger partial charge in [0.2, 0.25) is 5.91 Å². The van der Waals surface area contributed by atoms with Crippen molar-refractivity contribution < 1.29 is 4.79 Å². The summed E-state index contributed by atoms with van der Waals surface area (Å²) in [5.41, 5.74) is 8.36. The van der Waals surface area contributed by atoms with Gasteiger partial charge < -0.3 is 16.0 Å². The van der Waals surface area contributed by atoms with Crippen LogP contribution in [-0.4, -0.2) is 26.0 Å². The lowest BCUT2D eigenvalue weighted by Gasteiger charge is -2.35. The van der Waals surface area contributed by atoms with Crippen LogP contribution in [0.25, 0.3) is 0 Å². The Morgan fingerprint density at radius 3 is 2.89 bits per heavy atom. The van der Waals surface area contributed by atoms with Crippen molar-refractivity contribution in [3.63, 3.8) is 0 Å². The van der Waals surface area contributed by atoms with Gasteiger partial charge in [-0.1, -0.05) is 18.2 Å². The van der Waals surface area contributed by atoms with E-state index in [1.807, 2.05) is 19.1 Å². The highest BCUT2D eigenvalue weighted by molar-refractivity contribution is 5.79. The van der Waals surface area contributed by atoms with Gasteiger partial charge in [-0.25, -0.2) is 0 Å². The zero-order chi connectivity index (χ0) is 13.8. The minimum atomic E-state index is 0.0107. The number of nitrogens with zero attached hydrogens (tertiary/aromatic N) is 1. The third-order valence-corrected chi connectivity index (χ3v) is 3.81. The molecular formula is C15H23N3O. The largest absolute Gasteiger partial charge is 0.370 e. The second kappa shape index (κ2) is 6.06. The number of hydrogen-bond donors (Lipinski definition) is 2. The van der Waals surface area contributed by atoms with Crippen molar-refractivity contribution in [1.29, 1.82) is 0 Å². The molecule has 1 aromatic carbocycles. The summed E-state index contributed by atoms with van der Waals surface area (Å²) in [4.78, 5) is 14.1. The molecule has 2 rings (SSSR count). The fraction of sp³-hybridized carbons (Fsp3) is 0.533. The molecule has 1 unspecified atom stereocenters. The molecule has 1 aliphatic rings. The van der Waals surface area contributed by atoms with Crippen LogP contribution in [0.3, 0.4) is 0 Å². The Labute approximate surface area is 115 Å². The summed E-state index contributed by atoms with van der Waals surface area (Å²) in [6.07, 6.45) is 2.02. The van der Waals surface area contributed by atoms with Crippen LogP contribution < -0.4 is 16.0 Å². The Morgan fingerprint density at radius 1 is 1.47 bits per heavy atom. The Bertz CT molecular complexity index is 445. The van der Waals surface area contributed by atoms with Gasteiger partial charge in [0.05, 0.1) is 5.92 Å². The van der Waals surface area contributed by atoms with Gasteiger partial charge in [0, 0.05) is 31.9 Å². The zero-order valence-electron chi connectivity index (χ0n) is 11.7. The molecule has 0 aliphatic carbocycles. The number of anilines is 1. The number of rotatable bonds is 3. The molecular weight excluding hydrogens is 238 g/mol. The molecule has 104 valence electrons. The molecule has 3 N–H and O–H groups in total. The third kappa shape index (κ3) is 3.07. The minimum absolute atomic E-state index is 0.0107. The van der Waals surface area contributed by atoms with Gasteiger partial charge in [-0.05, 0) is 31.4 Å². The molecule has 1 fully saturated rings. The van der Waals surface area contributed by atoms with Crippen LogP contribution in [0, 0.1) is 5.92 Å². The van der Waals surface area contributed by atoms with E-state index in [0.29, 0.717) is 0 Å². The number of piperidine rings is 1. The second-order valence-electron chi connectivity index (χ2n) is 5.25. The number of para-hydroxylation sites is 1. The van der Waals surface area contributed by atoms with Gasteiger partial charge >= 0.3 is 0 Å². The lowest BCUT2D eigenvalue weighted by molar-refractivity contribution is -0.124. The maximum atomic E-state index is 11.8. The van der Waals surface area contributed by atoms with Crippen LogP contribution in [0.2, 0.25) is 0 Å². The monoisotopic (exact) mass is 261 g/mol. The summed E-state index contributed by atoms with van der Waals surface area (Å²) >= 11 is 0. The molecule has 0 spiro atoms. The SMILES string of the molecule is CNC(=O)C1CCCN(c2ccccc2[C@H](C)N)C1. The number of carbonyl (C=O) groups is 1. The van der Waals surface area contributed by atoms with Gasteiger partial charge in [0.15, 0.2) is 0 Å². The molecule has 0 saturated carbocycles. The van der Waals surface area contributed by atoms with E-state index in [9.17, 15) is 4.79 Å². The molecule has 4 nitrogen and oxygen atoms in total. The standard InChI is InChI=1S/C15H23N3O/c1-11(16)13-7-3-4-8-14(13)18-9-5-6-12(10-18)15(19)17-2/h3-4,7-8,11-12H,5-6,9-10,16H2,1-2H3,(H,17,19)/t11-,12?/m0/s1. The highest BCUT2D eigenvalue weighted by Crippen LogP contribution is 2.29. The first kappa shape index (κ1) is 13.9. The highest BCUT2D eigenvalue weighted by atomic mass is 16.1. The van der Waals surface area contributed by atoms with Crippen molar-refractivity contribution in [3.05, 3.63) is 29.8 Å². The minimum Gasteiger partial charge on any atom is -0.370 e. The molecule has 4 heteroatoms. The molecule has 1 saturated heterocycles. The summed E-state index contributed by atoms with van der Waals surface area (Å²) < 4.78 is 0. The molecule has 0 bridgehead atoms. The van der Waals surface area contributed by atoms with Crippen LogP contribution in [-0.2, 0) is 4.79 Å². The van der Waals surface area contributed by atoms with Gasteiger partial charge in [-0.3, -0.25) is 4.79 Å². The number of benzene rings is 1. The average Bonchev–Trinajstić information content (AvgIpc) is 2.46. The van der Waals surface area contributed by atoms with E-state index >= 15 is 0 Å². The Balaban J connectivity index is 2.20.